The Labute approximate surface area is 158 Å². The first-order valence-electron chi connectivity index (χ1n) is 9.37. The molecule has 1 aromatic heterocycles. The highest BCUT2D eigenvalue weighted by molar-refractivity contribution is 5.80. The van der Waals surface area contributed by atoms with Crippen molar-refractivity contribution >= 4 is 24.1 Å². The minimum Gasteiger partial charge on any atom is -0.341 e. The average Bonchev–Trinajstić information content (AvgIpc) is 3.42. The first-order valence-corrected chi connectivity index (χ1v) is 9.37. The summed E-state index contributed by atoms with van der Waals surface area (Å²) in [5, 5.41) is 13.1. The zero-order valence-electron chi connectivity index (χ0n) is 15.2. The number of anilines is 3. The summed E-state index contributed by atoms with van der Waals surface area (Å²) in [5.41, 5.74) is 4.46. The Morgan fingerprint density at radius 2 is 1.44 bits per heavy atom. The largest absolute Gasteiger partial charge is 0.341 e. The van der Waals surface area contributed by atoms with E-state index in [1.807, 2.05) is 12.1 Å². The summed E-state index contributed by atoms with van der Waals surface area (Å²) in [6.07, 6.45) is 6.37. The Bertz CT molecular complexity index is 809. The molecule has 0 unspecified atom stereocenters. The number of nitrogens with zero attached hydrogens (tertiary/aromatic N) is 7. The van der Waals surface area contributed by atoms with E-state index in [0.29, 0.717) is 11.5 Å². The normalized spacial score (nSPS) is 16.9. The van der Waals surface area contributed by atoms with Crippen LogP contribution in [0.5, 0.6) is 0 Å². The van der Waals surface area contributed by atoms with Gasteiger partial charge in [0.1, 0.15) is 0 Å². The molecule has 0 atom stereocenters. The van der Waals surface area contributed by atoms with E-state index >= 15 is 0 Å². The average molecular weight is 362 g/mol. The molecular weight excluding hydrogens is 340 g/mol. The van der Waals surface area contributed by atoms with E-state index in [9.17, 15) is 0 Å². The van der Waals surface area contributed by atoms with Crippen molar-refractivity contribution in [2.24, 2.45) is 5.10 Å². The summed E-state index contributed by atoms with van der Waals surface area (Å²) in [5.74, 6) is 1.90. The van der Waals surface area contributed by atoms with E-state index in [4.69, 9.17) is 5.26 Å². The number of benzene rings is 1. The number of hydrogen-bond acceptors (Lipinski definition) is 8. The number of aromatic nitrogens is 3. The quantitative estimate of drug-likeness (QED) is 0.645. The minimum absolute atomic E-state index is 0.457. The van der Waals surface area contributed by atoms with Crippen LogP contribution in [0.3, 0.4) is 0 Å². The lowest BCUT2D eigenvalue weighted by Crippen LogP contribution is -2.25. The van der Waals surface area contributed by atoms with Gasteiger partial charge in [-0.25, -0.2) is 5.43 Å². The van der Waals surface area contributed by atoms with Crippen molar-refractivity contribution in [3.8, 4) is 6.07 Å². The van der Waals surface area contributed by atoms with Crippen molar-refractivity contribution in [1.29, 1.82) is 5.26 Å². The van der Waals surface area contributed by atoms with Gasteiger partial charge in [0.15, 0.2) is 0 Å². The number of hydrazone groups is 1. The van der Waals surface area contributed by atoms with Crippen LogP contribution in [0.1, 0.15) is 36.8 Å². The SMILES string of the molecule is N#Cc1ccc(/C=N\Nc2nc(N3CCCC3)nc(N3CCCC3)n2)cc1. The predicted molar refractivity (Wildman–Crippen MR) is 105 cm³/mol. The zero-order valence-corrected chi connectivity index (χ0v) is 15.2. The maximum atomic E-state index is 8.86. The molecule has 27 heavy (non-hydrogen) atoms. The standard InChI is InChI=1S/C19H22N8/c20-13-15-5-7-16(8-6-15)14-21-25-17-22-18(26-9-1-2-10-26)24-19(23-17)27-11-3-4-12-27/h5-8,14H,1-4,9-12H2,(H,22,23,24,25)/b21-14-. The molecule has 1 aromatic carbocycles. The molecule has 0 amide bonds. The van der Waals surface area contributed by atoms with Gasteiger partial charge < -0.3 is 9.80 Å². The van der Waals surface area contributed by atoms with E-state index in [2.05, 4.69) is 41.3 Å². The summed E-state index contributed by atoms with van der Waals surface area (Å²) in [4.78, 5) is 18.2. The fourth-order valence-corrected chi connectivity index (χ4v) is 3.33. The van der Waals surface area contributed by atoms with Crippen molar-refractivity contribution in [2.45, 2.75) is 25.7 Å². The molecule has 4 rings (SSSR count). The summed E-state index contributed by atoms with van der Waals surface area (Å²) in [6.45, 7) is 3.93. The maximum Gasteiger partial charge on any atom is 0.250 e. The van der Waals surface area contributed by atoms with Crippen molar-refractivity contribution in [3.05, 3.63) is 35.4 Å². The number of nitrogens with one attached hydrogen (secondary N) is 1. The summed E-state index contributed by atoms with van der Waals surface area (Å²) in [6, 6.07) is 9.34. The topological polar surface area (TPSA) is 93.3 Å². The molecule has 0 spiro atoms. The minimum atomic E-state index is 0.457. The van der Waals surface area contributed by atoms with E-state index in [-0.39, 0.29) is 0 Å². The molecule has 0 aliphatic carbocycles. The van der Waals surface area contributed by atoms with E-state index in [1.54, 1.807) is 18.3 Å². The maximum absolute atomic E-state index is 8.86. The van der Waals surface area contributed by atoms with Crippen LogP contribution in [0.2, 0.25) is 0 Å². The van der Waals surface area contributed by atoms with Gasteiger partial charge in [-0.05, 0) is 43.4 Å². The van der Waals surface area contributed by atoms with Crippen LogP contribution in [0.25, 0.3) is 0 Å². The summed E-state index contributed by atoms with van der Waals surface area (Å²) < 4.78 is 0. The van der Waals surface area contributed by atoms with Gasteiger partial charge in [0.25, 0.3) is 0 Å². The van der Waals surface area contributed by atoms with Crippen molar-refractivity contribution < 1.29 is 0 Å². The Kier molecular flexibility index (Phi) is 5.10. The third-order valence-electron chi connectivity index (χ3n) is 4.81. The Hall–Kier alpha value is -3.21. The first-order chi connectivity index (χ1) is 13.3. The molecule has 0 bridgehead atoms. The fourth-order valence-electron chi connectivity index (χ4n) is 3.33. The second kappa shape index (κ2) is 7.99. The third-order valence-corrected chi connectivity index (χ3v) is 4.81. The van der Waals surface area contributed by atoms with Gasteiger partial charge in [0, 0.05) is 26.2 Å². The van der Waals surface area contributed by atoms with Gasteiger partial charge >= 0.3 is 0 Å². The van der Waals surface area contributed by atoms with Crippen molar-refractivity contribution in [2.75, 3.05) is 41.4 Å². The molecule has 2 aromatic rings. The highest BCUT2D eigenvalue weighted by atomic mass is 15.4. The Morgan fingerprint density at radius 1 is 0.889 bits per heavy atom. The third kappa shape index (κ3) is 4.14. The zero-order chi connectivity index (χ0) is 18.5. The molecule has 2 aliphatic heterocycles. The highest BCUT2D eigenvalue weighted by Crippen LogP contribution is 2.22. The van der Waals surface area contributed by atoms with Gasteiger partial charge in [-0.2, -0.15) is 25.3 Å². The Balaban J connectivity index is 1.53. The fraction of sp³-hybridized carbons (Fsp3) is 0.421. The lowest BCUT2D eigenvalue weighted by molar-refractivity contribution is 0.838. The summed E-state index contributed by atoms with van der Waals surface area (Å²) in [7, 11) is 0. The molecule has 3 heterocycles. The van der Waals surface area contributed by atoms with Crippen LogP contribution in [0.4, 0.5) is 17.8 Å². The molecule has 0 saturated carbocycles. The van der Waals surface area contributed by atoms with Crippen LogP contribution >= 0.6 is 0 Å². The van der Waals surface area contributed by atoms with Gasteiger partial charge in [0.2, 0.25) is 17.8 Å². The van der Waals surface area contributed by atoms with Gasteiger partial charge in [-0.3, -0.25) is 0 Å². The molecule has 8 heteroatoms. The van der Waals surface area contributed by atoms with Crippen molar-refractivity contribution in [3.63, 3.8) is 0 Å². The molecule has 2 saturated heterocycles. The molecule has 138 valence electrons. The van der Waals surface area contributed by atoms with Crippen LogP contribution in [0.15, 0.2) is 29.4 Å². The number of rotatable bonds is 5. The monoisotopic (exact) mass is 362 g/mol. The van der Waals surface area contributed by atoms with E-state index in [0.717, 1.165) is 43.6 Å². The van der Waals surface area contributed by atoms with Crippen LogP contribution in [-0.4, -0.2) is 47.3 Å². The van der Waals surface area contributed by atoms with Crippen LogP contribution in [0, 0.1) is 11.3 Å². The molecular formula is C19H22N8. The van der Waals surface area contributed by atoms with Gasteiger partial charge in [-0.15, -0.1) is 0 Å². The van der Waals surface area contributed by atoms with Crippen LogP contribution in [-0.2, 0) is 0 Å². The number of nitriles is 1. The molecule has 1 N–H and O–H groups in total. The Morgan fingerprint density at radius 3 is 1.96 bits per heavy atom. The number of hydrogen-bond donors (Lipinski definition) is 1. The van der Waals surface area contributed by atoms with E-state index in [1.165, 1.54) is 25.7 Å². The molecule has 2 aliphatic rings. The molecule has 8 nitrogen and oxygen atoms in total. The second-order valence-corrected chi connectivity index (χ2v) is 6.75. The van der Waals surface area contributed by atoms with Gasteiger partial charge in [0.05, 0.1) is 17.8 Å². The predicted octanol–water partition coefficient (Wildman–Crippen LogP) is 2.39. The lowest BCUT2D eigenvalue weighted by atomic mass is 10.2. The second-order valence-electron chi connectivity index (χ2n) is 6.75. The van der Waals surface area contributed by atoms with Crippen LogP contribution < -0.4 is 15.2 Å². The highest BCUT2D eigenvalue weighted by Gasteiger charge is 2.21. The molecule has 0 radical (unpaired) electrons. The molecule has 2 fully saturated rings. The van der Waals surface area contributed by atoms with Crippen molar-refractivity contribution in [1.82, 2.24) is 15.0 Å². The first kappa shape index (κ1) is 17.2. The van der Waals surface area contributed by atoms with Gasteiger partial charge in [-0.1, -0.05) is 12.1 Å². The lowest BCUT2D eigenvalue weighted by Gasteiger charge is -2.20. The summed E-state index contributed by atoms with van der Waals surface area (Å²) >= 11 is 0. The van der Waals surface area contributed by atoms with E-state index < -0.39 is 0 Å². The smallest absolute Gasteiger partial charge is 0.250 e.